The van der Waals surface area contributed by atoms with Crippen molar-refractivity contribution in [3.05, 3.63) is 107 Å². The Morgan fingerprint density at radius 3 is 2.17 bits per heavy atom. The van der Waals surface area contributed by atoms with Crippen LogP contribution in [0.25, 0.3) is 6.08 Å². The zero-order chi connectivity index (χ0) is 20.8. The van der Waals surface area contributed by atoms with Crippen LogP contribution >= 0.6 is 0 Å². The van der Waals surface area contributed by atoms with Gasteiger partial charge in [0.15, 0.2) is 5.78 Å². The zero-order valence-electron chi connectivity index (χ0n) is 16.9. The van der Waals surface area contributed by atoms with Gasteiger partial charge in [0.25, 0.3) is 0 Å². The lowest BCUT2D eigenvalue weighted by atomic mass is 10.0. The topological polar surface area (TPSA) is 43.4 Å². The van der Waals surface area contributed by atoms with Crippen LogP contribution in [-0.2, 0) is 4.79 Å². The number of benzene rings is 3. The molecule has 0 saturated carbocycles. The van der Waals surface area contributed by atoms with Crippen LogP contribution in [0.1, 0.15) is 52.4 Å². The number of ether oxygens (including phenoxy) is 1. The third-order valence-electron chi connectivity index (χ3n) is 4.70. The predicted octanol–water partition coefficient (Wildman–Crippen LogP) is 5.97. The van der Waals surface area contributed by atoms with Crippen molar-refractivity contribution < 1.29 is 14.3 Å². The first-order valence-corrected chi connectivity index (χ1v) is 9.64. The molecule has 0 amide bonds. The molecule has 29 heavy (non-hydrogen) atoms. The summed E-state index contributed by atoms with van der Waals surface area (Å²) in [4.78, 5) is 24.7. The van der Waals surface area contributed by atoms with Gasteiger partial charge in [-0.15, -0.1) is 0 Å². The van der Waals surface area contributed by atoms with Gasteiger partial charge in [0.2, 0.25) is 0 Å². The molecule has 3 nitrogen and oxygen atoms in total. The molecule has 0 N–H and O–H groups in total. The maximum Gasteiger partial charge on any atom is 0.336 e. The molecule has 3 aromatic carbocycles. The van der Waals surface area contributed by atoms with Crippen LogP contribution in [0.2, 0.25) is 0 Å². The van der Waals surface area contributed by atoms with Crippen LogP contribution in [0.5, 0.6) is 5.75 Å². The fraction of sp³-hybridized carbons (Fsp3) is 0.154. The second kappa shape index (κ2) is 9.16. The molecule has 0 spiro atoms. The largest absolute Gasteiger partial charge is 0.423 e. The van der Waals surface area contributed by atoms with E-state index in [1.54, 1.807) is 36.4 Å². The summed E-state index contributed by atoms with van der Waals surface area (Å²) in [5.41, 5.74) is 4.12. The Morgan fingerprint density at radius 1 is 0.862 bits per heavy atom. The van der Waals surface area contributed by atoms with Crippen molar-refractivity contribution in [1.82, 2.24) is 0 Å². The van der Waals surface area contributed by atoms with Gasteiger partial charge in [-0.25, -0.2) is 4.79 Å². The van der Waals surface area contributed by atoms with E-state index in [4.69, 9.17) is 4.74 Å². The average Bonchev–Trinajstić information content (AvgIpc) is 2.74. The molecule has 146 valence electrons. The van der Waals surface area contributed by atoms with E-state index in [2.05, 4.69) is 26.0 Å². The van der Waals surface area contributed by atoms with Crippen LogP contribution in [0.4, 0.5) is 0 Å². The van der Waals surface area contributed by atoms with E-state index in [1.165, 1.54) is 11.6 Å². The van der Waals surface area contributed by atoms with E-state index in [0.717, 1.165) is 11.1 Å². The van der Waals surface area contributed by atoms with Crippen molar-refractivity contribution in [1.29, 1.82) is 0 Å². The Hall–Kier alpha value is -3.46. The predicted molar refractivity (Wildman–Crippen MR) is 116 cm³/mol. The number of hydrogen-bond acceptors (Lipinski definition) is 3. The highest BCUT2D eigenvalue weighted by Gasteiger charge is 2.12. The molecule has 0 unspecified atom stereocenters. The van der Waals surface area contributed by atoms with Gasteiger partial charge >= 0.3 is 5.97 Å². The van der Waals surface area contributed by atoms with Gasteiger partial charge < -0.3 is 4.74 Å². The number of carbonyl (C=O) groups excluding carboxylic acids is 2. The molecule has 0 aliphatic rings. The smallest absolute Gasteiger partial charge is 0.336 e. The van der Waals surface area contributed by atoms with E-state index in [0.29, 0.717) is 22.8 Å². The van der Waals surface area contributed by atoms with E-state index in [9.17, 15) is 9.59 Å². The Bertz CT molecular complexity index is 1030. The normalized spacial score (nSPS) is 11.0. The lowest BCUT2D eigenvalue weighted by Gasteiger charge is -2.08. The van der Waals surface area contributed by atoms with Crippen molar-refractivity contribution in [3.8, 4) is 5.75 Å². The third kappa shape index (κ3) is 5.29. The van der Waals surface area contributed by atoms with Crippen LogP contribution in [0.15, 0.2) is 78.9 Å². The fourth-order valence-electron chi connectivity index (χ4n) is 2.96. The Labute approximate surface area is 171 Å². The highest BCUT2D eigenvalue weighted by molar-refractivity contribution is 6.09. The van der Waals surface area contributed by atoms with Crippen molar-refractivity contribution in [3.63, 3.8) is 0 Å². The summed E-state index contributed by atoms with van der Waals surface area (Å²) < 4.78 is 5.43. The molecule has 3 heteroatoms. The summed E-state index contributed by atoms with van der Waals surface area (Å²) in [6.45, 7) is 6.10. The fourth-order valence-corrected chi connectivity index (χ4v) is 2.96. The van der Waals surface area contributed by atoms with Gasteiger partial charge in [0, 0.05) is 17.2 Å². The number of aryl methyl sites for hydroxylation is 1. The first-order valence-electron chi connectivity index (χ1n) is 9.64. The van der Waals surface area contributed by atoms with Crippen molar-refractivity contribution >= 4 is 17.8 Å². The molecule has 0 aliphatic heterocycles. The van der Waals surface area contributed by atoms with Gasteiger partial charge in [-0.1, -0.05) is 68.4 Å². The van der Waals surface area contributed by atoms with Gasteiger partial charge in [-0.3, -0.25) is 4.79 Å². The molecule has 0 radical (unpaired) electrons. The number of hydrogen-bond donors (Lipinski definition) is 0. The van der Waals surface area contributed by atoms with Gasteiger partial charge in [0.1, 0.15) is 5.75 Å². The highest BCUT2D eigenvalue weighted by atomic mass is 16.5. The van der Waals surface area contributed by atoms with Crippen molar-refractivity contribution in [2.24, 2.45) is 0 Å². The molecule has 3 aromatic rings. The summed E-state index contributed by atoms with van der Waals surface area (Å²) in [6, 6.07) is 22.3. The molecular formula is C26H24O3. The number of carbonyl (C=O) groups is 2. The van der Waals surface area contributed by atoms with Gasteiger partial charge in [-0.05, 0) is 53.8 Å². The quantitative estimate of drug-likeness (QED) is 0.228. The lowest BCUT2D eigenvalue weighted by Crippen LogP contribution is -2.06. The van der Waals surface area contributed by atoms with E-state index in [1.807, 2.05) is 37.3 Å². The van der Waals surface area contributed by atoms with Crippen LogP contribution in [-0.4, -0.2) is 11.8 Å². The second-order valence-corrected chi connectivity index (χ2v) is 7.25. The van der Waals surface area contributed by atoms with Crippen LogP contribution < -0.4 is 4.74 Å². The Morgan fingerprint density at radius 2 is 1.55 bits per heavy atom. The maximum atomic E-state index is 12.5. The van der Waals surface area contributed by atoms with Gasteiger partial charge in [-0.2, -0.15) is 0 Å². The Balaban J connectivity index is 1.66. The molecule has 3 rings (SSSR count). The van der Waals surface area contributed by atoms with E-state index >= 15 is 0 Å². The van der Waals surface area contributed by atoms with Crippen molar-refractivity contribution in [2.45, 2.75) is 26.7 Å². The second-order valence-electron chi connectivity index (χ2n) is 7.25. The molecule has 0 heterocycles. The average molecular weight is 384 g/mol. The summed E-state index contributed by atoms with van der Waals surface area (Å²) >= 11 is 0. The minimum Gasteiger partial charge on any atom is -0.423 e. The summed E-state index contributed by atoms with van der Waals surface area (Å²) in [6.07, 6.45) is 3.14. The third-order valence-corrected chi connectivity index (χ3v) is 4.70. The zero-order valence-corrected chi connectivity index (χ0v) is 16.9. The molecule has 0 aromatic heterocycles. The maximum absolute atomic E-state index is 12.5. The molecule has 0 bridgehead atoms. The van der Waals surface area contributed by atoms with E-state index < -0.39 is 5.97 Å². The van der Waals surface area contributed by atoms with E-state index in [-0.39, 0.29) is 5.78 Å². The first-order chi connectivity index (χ1) is 13.9. The summed E-state index contributed by atoms with van der Waals surface area (Å²) in [5, 5.41) is 0. The standard InChI is InChI=1S/C26H24O3/c1-18(2)21-12-9-20(10-13-21)11-16-25(27)29-24-15-14-23(17-19(24)3)26(28)22-7-5-4-6-8-22/h4-18H,1-3H3/b16-11+. The van der Waals surface area contributed by atoms with Crippen LogP contribution in [0.3, 0.4) is 0 Å². The molecule has 0 fully saturated rings. The minimum absolute atomic E-state index is 0.0590. The van der Waals surface area contributed by atoms with Crippen molar-refractivity contribution in [2.75, 3.05) is 0 Å². The number of esters is 1. The SMILES string of the molecule is Cc1cc(C(=O)c2ccccc2)ccc1OC(=O)/C=C/c1ccc(C(C)C)cc1. The summed E-state index contributed by atoms with van der Waals surface area (Å²) in [7, 11) is 0. The lowest BCUT2D eigenvalue weighted by molar-refractivity contribution is -0.128. The molecule has 0 atom stereocenters. The minimum atomic E-state index is -0.455. The highest BCUT2D eigenvalue weighted by Crippen LogP contribution is 2.22. The molecule has 0 aliphatic carbocycles. The number of ketones is 1. The molecular weight excluding hydrogens is 360 g/mol. The Kier molecular flexibility index (Phi) is 6.40. The van der Waals surface area contributed by atoms with Gasteiger partial charge in [0.05, 0.1) is 0 Å². The van der Waals surface area contributed by atoms with Crippen LogP contribution in [0, 0.1) is 6.92 Å². The summed E-state index contributed by atoms with van der Waals surface area (Å²) in [5.74, 6) is 0.400. The number of rotatable bonds is 6. The monoisotopic (exact) mass is 384 g/mol. The molecule has 0 saturated heterocycles. The first kappa shape index (κ1) is 20.3.